The zero-order chi connectivity index (χ0) is 22.4. The molecule has 1 fully saturated rings. The molecule has 1 aliphatic rings. The van der Waals surface area contributed by atoms with Crippen molar-refractivity contribution in [1.29, 1.82) is 0 Å². The topological polar surface area (TPSA) is 83.3 Å². The van der Waals surface area contributed by atoms with Gasteiger partial charge < -0.3 is 4.90 Å². The molecule has 0 bridgehead atoms. The fraction of sp³-hybridized carbons (Fsp3) is 0.364. The van der Waals surface area contributed by atoms with Gasteiger partial charge in [-0.15, -0.1) is 0 Å². The molecule has 1 amide bonds. The molecule has 1 heterocycles. The molecule has 9 heteroatoms. The molecule has 3 rings (SSSR count). The molecule has 2 N–H and O–H groups in total. The first kappa shape index (κ1) is 23.6. The van der Waals surface area contributed by atoms with Crippen LogP contribution in [0.15, 0.2) is 63.0 Å². The van der Waals surface area contributed by atoms with Gasteiger partial charge in [-0.3, -0.25) is 4.79 Å². The lowest BCUT2D eigenvalue weighted by Gasteiger charge is -2.31. The lowest BCUT2D eigenvalue weighted by molar-refractivity contribution is -0.895. The predicted octanol–water partition coefficient (Wildman–Crippen LogP) is 1.61. The minimum absolute atomic E-state index is 0.186. The normalized spacial score (nSPS) is 16.1. The lowest BCUT2D eigenvalue weighted by atomic mass is 10.0. The third-order valence-electron chi connectivity index (χ3n) is 5.30. The van der Waals surface area contributed by atoms with Crippen molar-refractivity contribution >= 4 is 38.1 Å². The van der Waals surface area contributed by atoms with E-state index >= 15 is 0 Å². The molecule has 2 aromatic carbocycles. The highest BCUT2D eigenvalue weighted by Gasteiger charge is 2.31. The molecule has 0 saturated carbocycles. The van der Waals surface area contributed by atoms with E-state index in [1.54, 1.807) is 30.5 Å². The predicted molar refractivity (Wildman–Crippen MR) is 125 cm³/mol. The first-order valence-corrected chi connectivity index (χ1v) is 12.5. The van der Waals surface area contributed by atoms with Gasteiger partial charge in [-0.2, -0.15) is 9.41 Å². The summed E-state index contributed by atoms with van der Waals surface area (Å²) in [6.07, 6.45) is 1.63. The largest absolute Gasteiger partial charge is 0.325 e. The Bertz CT molecular complexity index is 1010. The van der Waals surface area contributed by atoms with E-state index in [1.165, 1.54) is 9.87 Å². The van der Waals surface area contributed by atoms with Gasteiger partial charge in [-0.1, -0.05) is 54.0 Å². The van der Waals surface area contributed by atoms with E-state index in [1.807, 2.05) is 12.1 Å². The number of hydrazone groups is 1. The number of quaternary nitrogens is 1. The van der Waals surface area contributed by atoms with Crippen LogP contribution in [-0.4, -0.2) is 57.6 Å². The van der Waals surface area contributed by atoms with Crippen molar-refractivity contribution in [3.05, 3.63) is 64.1 Å². The standard InChI is InChI=1S/C22H27BrN4O3S/c1-17(2)19-5-3-18(4-6-19)15-24-25-22(28)16-26-11-13-27(14-12-26)31(29,30)21-9-7-20(23)8-10-21/h3-10,15,17H,11-14,16H2,1-2H3,(H,25,28)/p+1/b24-15+. The van der Waals surface area contributed by atoms with Crippen LogP contribution in [0, 0.1) is 0 Å². The SMILES string of the molecule is CC(C)c1ccc(/C=N/NC(=O)C[NH+]2CCN(S(=O)(=O)c3ccc(Br)cc3)CC2)cc1. The number of carbonyl (C=O) groups excluding carboxylic acids is 1. The summed E-state index contributed by atoms with van der Waals surface area (Å²) in [5.41, 5.74) is 4.74. The van der Waals surface area contributed by atoms with Gasteiger partial charge in [0.2, 0.25) is 10.0 Å². The van der Waals surface area contributed by atoms with Crippen LogP contribution in [0.25, 0.3) is 0 Å². The van der Waals surface area contributed by atoms with E-state index in [0.717, 1.165) is 14.9 Å². The van der Waals surface area contributed by atoms with Crippen LogP contribution in [0.2, 0.25) is 0 Å². The molecular weight excluding hydrogens is 480 g/mol. The minimum Gasteiger partial charge on any atom is -0.325 e. The number of sulfonamides is 1. The number of halogens is 1. The van der Waals surface area contributed by atoms with Gasteiger partial charge in [0.15, 0.2) is 6.54 Å². The summed E-state index contributed by atoms with van der Waals surface area (Å²) >= 11 is 3.32. The first-order valence-electron chi connectivity index (χ1n) is 10.3. The monoisotopic (exact) mass is 507 g/mol. The van der Waals surface area contributed by atoms with E-state index in [9.17, 15) is 13.2 Å². The number of piperazine rings is 1. The van der Waals surface area contributed by atoms with Crippen molar-refractivity contribution in [3.8, 4) is 0 Å². The highest BCUT2D eigenvalue weighted by molar-refractivity contribution is 9.10. The van der Waals surface area contributed by atoms with E-state index in [4.69, 9.17) is 0 Å². The Labute approximate surface area is 192 Å². The maximum atomic E-state index is 12.8. The molecule has 7 nitrogen and oxygen atoms in total. The molecule has 0 unspecified atom stereocenters. The van der Waals surface area contributed by atoms with Crippen LogP contribution in [0.3, 0.4) is 0 Å². The number of hydrogen-bond acceptors (Lipinski definition) is 4. The highest BCUT2D eigenvalue weighted by atomic mass is 79.9. The van der Waals surface area contributed by atoms with Crippen molar-refractivity contribution in [2.75, 3.05) is 32.7 Å². The van der Waals surface area contributed by atoms with Gasteiger partial charge >= 0.3 is 0 Å². The Kier molecular flexibility index (Phi) is 7.99. The minimum atomic E-state index is -3.51. The number of amides is 1. The Balaban J connectivity index is 1.46. The number of carbonyl (C=O) groups is 1. The van der Waals surface area contributed by atoms with Gasteiger partial charge in [0.1, 0.15) is 0 Å². The van der Waals surface area contributed by atoms with E-state index in [0.29, 0.717) is 32.1 Å². The summed E-state index contributed by atoms with van der Waals surface area (Å²) in [6, 6.07) is 14.7. The van der Waals surface area contributed by atoms with E-state index < -0.39 is 10.0 Å². The summed E-state index contributed by atoms with van der Waals surface area (Å²) < 4.78 is 27.8. The number of nitrogens with one attached hydrogen (secondary N) is 2. The van der Waals surface area contributed by atoms with Gasteiger partial charge in [0, 0.05) is 4.47 Å². The molecule has 0 atom stereocenters. The Hall–Kier alpha value is -2.07. The van der Waals surface area contributed by atoms with Crippen LogP contribution < -0.4 is 10.3 Å². The maximum Gasteiger partial charge on any atom is 0.295 e. The van der Waals surface area contributed by atoms with Crippen molar-refractivity contribution in [1.82, 2.24) is 9.73 Å². The molecule has 1 aliphatic heterocycles. The van der Waals surface area contributed by atoms with Crippen molar-refractivity contribution in [2.45, 2.75) is 24.7 Å². The van der Waals surface area contributed by atoms with Crippen LogP contribution in [0.1, 0.15) is 30.9 Å². The number of rotatable bonds is 7. The molecule has 0 radical (unpaired) electrons. The summed E-state index contributed by atoms with van der Waals surface area (Å²) in [6.45, 7) is 6.45. The van der Waals surface area contributed by atoms with Crippen LogP contribution in [-0.2, 0) is 14.8 Å². The second-order valence-electron chi connectivity index (χ2n) is 7.90. The van der Waals surface area contributed by atoms with E-state index in [2.05, 4.69) is 52.4 Å². The molecule has 2 aromatic rings. The van der Waals surface area contributed by atoms with Crippen molar-refractivity contribution in [3.63, 3.8) is 0 Å². The zero-order valence-corrected chi connectivity index (χ0v) is 20.1. The fourth-order valence-electron chi connectivity index (χ4n) is 3.39. The third kappa shape index (κ3) is 6.46. The molecular formula is C22H28BrN4O3S+. The average molecular weight is 508 g/mol. The first-order chi connectivity index (χ1) is 14.8. The zero-order valence-electron chi connectivity index (χ0n) is 17.7. The smallest absolute Gasteiger partial charge is 0.295 e. The van der Waals surface area contributed by atoms with Gasteiger partial charge in [-0.25, -0.2) is 13.8 Å². The number of nitrogens with zero attached hydrogens (tertiary/aromatic N) is 2. The maximum absolute atomic E-state index is 12.8. The Morgan fingerprint density at radius 3 is 2.32 bits per heavy atom. The quantitative estimate of drug-likeness (QED) is 0.441. The summed E-state index contributed by atoms with van der Waals surface area (Å²) in [4.78, 5) is 13.5. The number of benzene rings is 2. The summed E-state index contributed by atoms with van der Waals surface area (Å²) in [5, 5.41) is 4.03. The molecule has 0 spiro atoms. The Morgan fingerprint density at radius 1 is 1.13 bits per heavy atom. The molecule has 0 aliphatic carbocycles. The summed E-state index contributed by atoms with van der Waals surface area (Å²) in [5.74, 6) is 0.285. The van der Waals surface area contributed by atoms with Crippen LogP contribution >= 0.6 is 15.9 Å². The lowest BCUT2D eigenvalue weighted by Crippen LogP contribution is -3.15. The van der Waals surface area contributed by atoms with Crippen molar-refractivity contribution in [2.24, 2.45) is 5.10 Å². The molecule has 1 saturated heterocycles. The Morgan fingerprint density at radius 2 is 1.74 bits per heavy atom. The number of hydrogen-bond donors (Lipinski definition) is 2. The van der Waals surface area contributed by atoms with Crippen LogP contribution in [0.4, 0.5) is 0 Å². The summed E-state index contributed by atoms with van der Waals surface area (Å²) in [7, 11) is -3.51. The van der Waals surface area contributed by atoms with Gasteiger partial charge in [0.25, 0.3) is 5.91 Å². The molecule has 166 valence electrons. The van der Waals surface area contributed by atoms with Crippen LogP contribution in [0.5, 0.6) is 0 Å². The third-order valence-corrected chi connectivity index (χ3v) is 7.74. The molecule has 31 heavy (non-hydrogen) atoms. The average Bonchev–Trinajstić information content (AvgIpc) is 2.75. The second kappa shape index (κ2) is 10.5. The van der Waals surface area contributed by atoms with Crippen molar-refractivity contribution < 1.29 is 18.1 Å². The van der Waals surface area contributed by atoms with Gasteiger partial charge in [-0.05, 0) is 41.3 Å². The molecule has 0 aromatic heterocycles. The fourth-order valence-corrected chi connectivity index (χ4v) is 5.09. The highest BCUT2D eigenvalue weighted by Crippen LogP contribution is 2.18. The van der Waals surface area contributed by atoms with E-state index in [-0.39, 0.29) is 17.3 Å². The second-order valence-corrected chi connectivity index (χ2v) is 10.8. The van der Waals surface area contributed by atoms with Gasteiger partial charge in [0.05, 0.1) is 37.3 Å².